The number of benzene rings is 14. The molecule has 10 heteroatoms. The number of furan rings is 1. The van der Waals surface area contributed by atoms with E-state index in [9.17, 15) is 0 Å². The summed E-state index contributed by atoms with van der Waals surface area (Å²) in [5.41, 5.74) is 23.4. The Balaban J connectivity index is 0.000000129. The van der Waals surface area contributed by atoms with Crippen LogP contribution in [0.15, 0.2) is 320 Å². The van der Waals surface area contributed by atoms with Crippen LogP contribution in [0.5, 0.6) is 0 Å². The van der Waals surface area contributed by atoms with Gasteiger partial charge >= 0.3 is 0 Å². The second-order valence-electron chi connectivity index (χ2n) is 25.3. The second-order valence-corrected chi connectivity index (χ2v) is 26.4. The number of fused-ring (bicyclic) bond motifs is 22. The molecule has 0 aliphatic rings. The summed E-state index contributed by atoms with van der Waals surface area (Å²) in [6.07, 6.45) is 0. The number of rotatable bonds is 6. The number of para-hydroxylation sites is 9. The summed E-state index contributed by atoms with van der Waals surface area (Å²) in [6.45, 7) is 0. The highest BCUT2D eigenvalue weighted by Gasteiger charge is 2.23. The molecule has 8 heterocycles. The average molecular weight is 1270 g/mol. The number of aromatic nitrogens is 8. The standard InChI is InChI=1S/C44H26N4O.C44H26N4S/c2*1-4-12-36-34(11-1)43-45-37-13-5-7-15-40(37)48(43)44(46-36)47-38-14-6-2-9-31(38)35-25-29(22-24-39(35)47)27-17-19-28(20-18-27)30-21-23-33-32-10-3-8-16-41(32)49-42(33)26-30/h2*1-26H. The van der Waals surface area contributed by atoms with Gasteiger partial charge in [-0.15, -0.1) is 11.3 Å². The van der Waals surface area contributed by atoms with Crippen molar-refractivity contribution in [2.75, 3.05) is 0 Å². The van der Waals surface area contributed by atoms with E-state index in [4.69, 9.17) is 24.4 Å². The van der Waals surface area contributed by atoms with E-state index in [-0.39, 0.29) is 0 Å². The topological polar surface area (TPSA) is 83.4 Å². The van der Waals surface area contributed by atoms with E-state index < -0.39 is 0 Å². The van der Waals surface area contributed by atoms with Crippen molar-refractivity contribution in [3.63, 3.8) is 0 Å². The lowest BCUT2D eigenvalue weighted by atomic mass is 9.98. The number of hydrogen-bond donors (Lipinski definition) is 0. The van der Waals surface area contributed by atoms with Crippen molar-refractivity contribution >= 4 is 152 Å². The fraction of sp³-hybridized carbons (Fsp3) is 0. The summed E-state index contributed by atoms with van der Waals surface area (Å²) < 4.78 is 17.8. The molecule has 0 atom stereocenters. The molecule has 0 saturated carbocycles. The molecule has 456 valence electrons. The van der Waals surface area contributed by atoms with Crippen LogP contribution in [0.2, 0.25) is 0 Å². The molecule has 0 spiro atoms. The van der Waals surface area contributed by atoms with Crippen molar-refractivity contribution in [2.45, 2.75) is 0 Å². The van der Waals surface area contributed by atoms with E-state index in [2.05, 4.69) is 297 Å². The third-order valence-electron chi connectivity index (χ3n) is 19.9. The van der Waals surface area contributed by atoms with Crippen LogP contribution < -0.4 is 0 Å². The molecule has 0 unspecified atom stereocenters. The van der Waals surface area contributed by atoms with Crippen LogP contribution in [-0.2, 0) is 0 Å². The van der Waals surface area contributed by atoms with Crippen molar-refractivity contribution in [1.29, 1.82) is 0 Å². The molecule has 22 rings (SSSR count). The maximum absolute atomic E-state index is 6.17. The van der Waals surface area contributed by atoms with Gasteiger partial charge in [-0.05, 0) is 160 Å². The van der Waals surface area contributed by atoms with E-state index in [0.717, 1.165) is 122 Å². The Morgan fingerprint density at radius 1 is 0.224 bits per heavy atom. The largest absolute Gasteiger partial charge is 0.456 e. The lowest BCUT2D eigenvalue weighted by Gasteiger charge is -2.12. The highest BCUT2D eigenvalue weighted by molar-refractivity contribution is 7.25. The minimum Gasteiger partial charge on any atom is -0.456 e. The minimum atomic E-state index is 0.826. The number of hydrogen-bond acceptors (Lipinski definition) is 6. The molecule has 0 saturated heterocycles. The first-order valence-corrected chi connectivity index (χ1v) is 33.8. The van der Waals surface area contributed by atoms with Crippen LogP contribution in [0.4, 0.5) is 0 Å². The molecular formula is C88H52N8OS. The van der Waals surface area contributed by atoms with Crippen LogP contribution in [0, 0.1) is 0 Å². The summed E-state index contributed by atoms with van der Waals surface area (Å²) in [7, 11) is 0. The van der Waals surface area contributed by atoms with Gasteiger partial charge < -0.3 is 4.42 Å². The first-order valence-electron chi connectivity index (χ1n) is 33.0. The monoisotopic (exact) mass is 1270 g/mol. The highest BCUT2D eigenvalue weighted by Crippen LogP contribution is 2.42. The third kappa shape index (κ3) is 8.31. The van der Waals surface area contributed by atoms with Gasteiger partial charge in [0.05, 0.1) is 55.2 Å². The zero-order chi connectivity index (χ0) is 64.1. The van der Waals surface area contributed by atoms with Gasteiger partial charge in [0.15, 0.2) is 0 Å². The normalized spacial score (nSPS) is 12.1. The van der Waals surface area contributed by atoms with E-state index in [1.807, 2.05) is 47.7 Å². The van der Waals surface area contributed by atoms with Gasteiger partial charge in [-0.1, -0.05) is 200 Å². The zero-order valence-electron chi connectivity index (χ0n) is 52.4. The van der Waals surface area contributed by atoms with Crippen molar-refractivity contribution in [3.8, 4) is 56.4 Å². The molecule has 22 aromatic rings. The van der Waals surface area contributed by atoms with Gasteiger partial charge in [-0.25, -0.2) is 19.9 Å². The minimum absolute atomic E-state index is 0.826. The van der Waals surface area contributed by atoms with E-state index in [1.165, 1.54) is 75.1 Å². The van der Waals surface area contributed by atoms with Gasteiger partial charge in [0.2, 0.25) is 11.9 Å². The Bertz CT molecular complexity index is 6640. The fourth-order valence-corrected chi connectivity index (χ4v) is 16.4. The molecular weight excluding hydrogens is 1220 g/mol. The number of imidazole rings is 2. The molecule has 14 aromatic carbocycles. The van der Waals surface area contributed by atoms with Crippen molar-refractivity contribution < 1.29 is 4.42 Å². The molecule has 0 N–H and O–H groups in total. The molecule has 0 aliphatic carbocycles. The Morgan fingerprint density at radius 2 is 0.582 bits per heavy atom. The maximum Gasteiger partial charge on any atom is 0.221 e. The zero-order valence-corrected chi connectivity index (χ0v) is 53.2. The summed E-state index contributed by atoms with van der Waals surface area (Å²) >= 11 is 1.86. The number of thiophene rings is 1. The summed E-state index contributed by atoms with van der Waals surface area (Å²) in [6, 6.07) is 112. The molecule has 0 bridgehead atoms. The van der Waals surface area contributed by atoms with Crippen molar-refractivity contribution in [3.05, 3.63) is 315 Å². The van der Waals surface area contributed by atoms with Crippen LogP contribution in [0.25, 0.3) is 197 Å². The smallest absolute Gasteiger partial charge is 0.221 e. The van der Waals surface area contributed by atoms with Gasteiger partial charge in [0.1, 0.15) is 22.5 Å². The van der Waals surface area contributed by atoms with E-state index in [0.29, 0.717) is 0 Å². The SMILES string of the molecule is c1ccc2c(c1)nc(-n1c3ccccc3c3cc(-c4ccc(-c5ccc6c(c5)oc5ccccc56)cc4)ccc31)n1c3ccccc3nc21.c1ccc2c(c1)nc(-n1c3ccccc3c3cc(-c4ccc(-c5ccc6c(c5)sc5ccccc56)cc4)ccc31)n1c3ccccc3nc21. The Hall–Kier alpha value is -13.0. The van der Waals surface area contributed by atoms with Crippen molar-refractivity contribution in [2.24, 2.45) is 0 Å². The molecule has 0 aliphatic heterocycles. The van der Waals surface area contributed by atoms with Gasteiger partial charge in [0, 0.05) is 63.3 Å². The highest BCUT2D eigenvalue weighted by atomic mass is 32.1. The predicted octanol–water partition coefficient (Wildman–Crippen LogP) is 23.2. The quantitative estimate of drug-likeness (QED) is 0.166. The summed E-state index contributed by atoms with van der Waals surface area (Å²) in [5.74, 6) is 1.66. The number of nitrogens with zero attached hydrogens (tertiary/aromatic N) is 8. The van der Waals surface area contributed by atoms with E-state index >= 15 is 0 Å². The molecule has 0 amide bonds. The van der Waals surface area contributed by atoms with E-state index in [1.54, 1.807) is 0 Å². The molecule has 0 fully saturated rings. The Morgan fingerprint density at radius 3 is 1.11 bits per heavy atom. The van der Waals surface area contributed by atoms with Gasteiger partial charge in [-0.3, -0.25) is 17.9 Å². The molecule has 0 radical (unpaired) electrons. The molecule has 98 heavy (non-hydrogen) atoms. The lowest BCUT2D eigenvalue weighted by molar-refractivity contribution is 0.669. The average Bonchev–Trinajstić information content (AvgIpc) is 1.53. The van der Waals surface area contributed by atoms with Crippen molar-refractivity contribution in [1.82, 2.24) is 37.9 Å². The second kappa shape index (κ2) is 21.2. The summed E-state index contributed by atoms with van der Waals surface area (Å²) in [5, 5.41) is 11.8. The fourth-order valence-electron chi connectivity index (χ4n) is 15.2. The predicted molar refractivity (Wildman–Crippen MR) is 407 cm³/mol. The summed E-state index contributed by atoms with van der Waals surface area (Å²) in [4.78, 5) is 20.8. The van der Waals surface area contributed by atoms with Crippen LogP contribution in [0.3, 0.4) is 0 Å². The van der Waals surface area contributed by atoms with Gasteiger partial charge in [-0.2, -0.15) is 0 Å². The van der Waals surface area contributed by atoms with Crippen LogP contribution in [-0.4, -0.2) is 37.9 Å². The first kappa shape index (κ1) is 54.4. The third-order valence-corrected chi connectivity index (χ3v) is 21.0. The van der Waals surface area contributed by atoms with Crippen LogP contribution in [0.1, 0.15) is 0 Å². The molecule has 8 aromatic heterocycles. The Labute approximate surface area is 562 Å². The van der Waals surface area contributed by atoms with Crippen LogP contribution >= 0.6 is 11.3 Å². The first-order chi connectivity index (χ1) is 48.6. The maximum atomic E-state index is 6.17. The Kier molecular flexibility index (Phi) is 11.8. The molecule has 9 nitrogen and oxygen atoms in total. The van der Waals surface area contributed by atoms with Gasteiger partial charge in [0.25, 0.3) is 0 Å². The lowest BCUT2D eigenvalue weighted by Crippen LogP contribution is -2.06.